The first-order chi connectivity index (χ1) is 8.22. The van der Waals surface area contributed by atoms with Crippen molar-refractivity contribution in [2.75, 3.05) is 19.8 Å². The maximum Gasteiger partial charge on any atom is 0.360 e. The molecule has 0 fully saturated rings. The molecule has 0 atom stereocenters. The van der Waals surface area contributed by atoms with Crippen molar-refractivity contribution in [2.45, 2.75) is 20.8 Å². The summed E-state index contributed by atoms with van der Waals surface area (Å²) in [7, 11) is 0. The fourth-order valence-corrected chi connectivity index (χ4v) is 1.29. The number of carbonyl (C=O) groups excluding carboxylic acids is 1. The molecular formula is C12H17NO4. The lowest BCUT2D eigenvalue weighted by atomic mass is 10.3. The number of rotatable bonds is 6. The predicted octanol–water partition coefficient (Wildman–Crippen LogP) is 2.06. The van der Waals surface area contributed by atoms with Gasteiger partial charge in [-0.3, -0.25) is 0 Å². The number of hydrogen-bond acceptors (Lipinski definition) is 5. The molecule has 17 heavy (non-hydrogen) atoms. The molecule has 5 heteroatoms. The van der Waals surface area contributed by atoms with Gasteiger partial charge in [0, 0.05) is 6.07 Å². The number of ether oxygens (including phenoxy) is 3. The van der Waals surface area contributed by atoms with Gasteiger partial charge in [-0.25, -0.2) is 9.78 Å². The lowest BCUT2D eigenvalue weighted by molar-refractivity contribution is 0.0514. The molecule has 1 rings (SSSR count). The fraction of sp³-hybridized carbons (Fsp3) is 0.500. The SMILES string of the molecule is CCOC(=O)c1ncc(OCC)cc1OCC. The lowest BCUT2D eigenvalue weighted by Gasteiger charge is -2.10. The molecule has 1 aromatic heterocycles. The molecule has 0 aliphatic rings. The van der Waals surface area contributed by atoms with Gasteiger partial charge in [-0.2, -0.15) is 0 Å². The average molecular weight is 239 g/mol. The Morgan fingerprint density at radius 2 is 1.88 bits per heavy atom. The molecule has 0 radical (unpaired) electrons. The summed E-state index contributed by atoms with van der Waals surface area (Å²) in [4.78, 5) is 15.6. The first-order valence-corrected chi connectivity index (χ1v) is 5.65. The van der Waals surface area contributed by atoms with Crippen LogP contribution in [-0.4, -0.2) is 30.8 Å². The van der Waals surface area contributed by atoms with Crippen molar-refractivity contribution < 1.29 is 19.0 Å². The van der Waals surface area contributed by atoms with Gasteiger partial charge in [0.05, 0.1) is 26.0 Å². The Hall–Kier alpha value is -1.78. The number of nitrogens with zero attached hydrogens (tertiary/aromatic N) is 1. The summed E-state index contributed by atoms with van der Waals surface area (Å²) >= 11 is 0. The molecule has 0 N–H and O–H groups in total. The van der Waals surface area contributed by atoms with E-state index in [4.69, 9.17) is 14.2 Å². The van der Waals surface area contributed by atoms with Gasteiger partial charge in [0.15, 0.2) is 11.4 Å². The molecular weight excluding hydrogens is 222 g/mol. The zero-order valence-electron chi connectivity index (χ0n) is 10.4. The van der Waals surface area contributed by atoms with E-state index in [9.17, 15) is 4.79 Å². The molecule has 94 valence electrons. The van der Waals surface area contributed by atoms with Crippen molar-refractivity contribution in [1.82, 2.24) is 4.98 Å². The Kier molecular flexibility index (Phi) is 5.26. The molecule has 1 aromatic rings. The predicted molar refractivity (Wildman–Crippen MR) is 62.5 cm³/mol. The lowest BCUT2D eigenvalue weighted by Crippen LogP contribution is -2.10. The summed E-state index contributed by atoms with van der Waals surface area (Å²) in [6.07, 6.45) is 1.48. The molecule has 0 aliphatic carbocycles. The minimum absolute atomic E-state index is 0.178. The Bertz CT molecular complexity index is 379. The van der Waals surface area contributed by atoms with E-state index in [0.717, 1.165) is 0 Å². The number of pyridine rings is 1. The van der Waals surface area contributed by atoms with E-state index in [1.807, 2.05) is 13.8 Å². The van der Waals surface area contributed by atoms with Gasteiger partial charge in [0.2, 0.25) is 0 Å². The van der Waals surface area contributed by atoms with Crippen LogP contribution in [0.25, 0.3) is 0 Å². The summed E-state index contributed by atoms with van der Waals surface area (Å²) in [5.74, 6) is 0.472. The Morgan fingerprint density at radius 1 is 1.18 bits per heavy atom. The third-order valence-corrected chi connectivity index (χ3v) is 1.91. The van der Waals surface area contributed by atoms with E-state index in [2.05, 4.69) is 4.98 Å². The number of carbonyl (C=O) groups is 1. The smallest absolute Gasteiger partial charge is 0.360 e. The van der Waals surface area contributed by atoms with Gasteiger partial charge in [0.1, 0.15) is 5.75 Å². The van der Waals surface area contributed by atoms with E-state index in [1.54, 1.807) is 13.0 Å². The van der Waals surface area contributed by atoms with Crippen molar-refractivity contribution >= 4 is 5.97 Å². The zero-order valence-corrected chi connectivity index (χ0v) is 10.4. The molecule has 0 unspecified atom stereocenters. The van der Waals surface area contributed by atoms with Crippen molar-refractivity contribution in [3.05, 3.63) is 18.0 Å². The largest absolute Gasteiger partial charge is 0.492 e. The molecule has 0 spiro atoms. The van der Waals surface area contributed by atoms with E-state index in [-0.39, 0.29) is 5.69 Å². The summed E-state index contributed by atoms with van der Waals surface area (Å²) < 4.78 is 15.5. The molecule has 0 saturated carbocycles. The first-order valence-electron chi connectivity index (χ1n) is 5.65. The zero-order chi connectivity index (χ0) is 12.7. The van der Waals surface area contributed by atoms with Crippen LogP contribution >= 0.6 is 0 Å². The second-order valence-electron chi connectivity index (χ2n) is 3.10. The maximum absolute atomic E-state index is 11.6. The Labute approximate surface area is 101 Å². The highest BCUT2D eigenvalue weighted by atomic mass is 16.5. The van der Waals surface area contributed by atoms with E-state index >= 15 is 0 Å². The van der Waals surface area contributed by atoms with E-state index in [0.29, 0.717) is 31.3 Å². The van der Waals surface area contributed by atoms with Gasteiger partial charge in [-0.15, -0.1) is 0 Å². The molecule has 5 nitrogen and oxygen atoms in total. The number of esters is 1. The molecule has 0 amide bonds. The van der Waals surface area contributed by atoms with Crippen molar-refractivity contribution in [1.29, 1.82) is 0 Å². The van der Waals surface area contributed by atoms with E-state index < -0.39 is 5.97 Å². The first kappa shape index (κ1) is 13.3. The highest BCUT2D eigenvalue weighted by Gasteiger charge is 2.16. The fourth-order valence-electron chi connectivity index (χ4n) is 1.29. The van der Waals surface area contributed by atoms with Crippen LogP contribution in [0, 0.1) is 0 Å². The normalized spacial score (nSPS) is 9.82. The minimum Gasteiger partial charge on any atom is -0.492 e. The summed E-state index contributed by atoms with van der Waals surface area (Å²) in [6.45, 7) is 6.74. The van der Waals surface area contributed by atoms with Gasteiger partial charge >= 0.3 is 5.97 Å². The second-order valence-corrected chi connectivity index (χ2v) is 3.10. The third-order valence-electron chi connectivity index (χ3n) is 1.91. The summed E-state index contributed by atoms with van der Waals surface area (Å²) in [5, 5.41) is 0. The summed E-state index contributed by atoms with van der Waals surface area (Å²) in [6, 6.07) is 1.65. The number of hydrogen-bond donors (Lipinski definition) is 0. The monoisotopic (exact) mass is 239 g/mol. The highest BCUT2D eigenvalue weighted by molar-refractivity contribution is 5.90. The van der Waals surface area contributed by atoms with Crippen LogP contribution in [0.3, 0.4) is 0 Å². The van der Waals surface area contributed by atoms with Crippen LogP contribution in [0.1, 0.15) is 31.3 Å². The molecule has 0 bridgehead atoms. The second kappa shape index (κ2) is 6.73. The Balaban J connectivity index is 2.98. The van der Waals surface area contributed by atoms with Crippen LogP contribution in [0.2, 0.25) is 0 Å². The highest BCUT2D eigenvalue weighted by Crippen LogP contribution is 2.23. The van der Waals surface area contributed by atoms with Crippen molar-refractivity contribution in [3.8, 4) is 11.5 Å². The van der Waals surface area contributed by atoms with Crippen LogP contribution in [0.5, 0.6) is 11.5 Å². The van der Waals surface area contributed by atoms with Crippen LogP contribution in [0.15, 0.2) is 12.3 Å². The van der Waals surface area contributed by atoms with Crippen LogP contribution in [-0.2, 0) is 4.74 Å². The molecule has 1 heterocycles. The molecule has 0 aliphatic heterocycles. The maximum atomic E-state index is 11.6. The summed E-state index contributed by atoms with van der Waals surface area (Å²) in [5.41, 5.74) is 0.178. The van der Waals surface area contributed by atoms with Gasteiger partial charge in [-0.05, 0) is 20.8 Å². The van der Waals surface area contributed by atoms with Crippen LogP contribution < -0.4 is 9.47 Å². The van der Waals surface area contributed by atoms with Gasteiger partial charge in [-0.1, -0.05) is 0 Å². The van der Waals surface area contributed by atoms with Gasteiger partial charge < -0.3 is 14.2 Å². The molecule has 0 saturated heterocycles. The van der Waals surface area contributed by atoms with Crippen molar-refractivity contribution in [3.63, 3.8) is 0 Å². The average Bonchev–Trinajstić information content (AvgIpc) is 2.30. The van der Waals surface area contributed by atoms with Crippen LogP contribution in [0.4, 0.5) is 0 Å². The Morgan fingerprint density at radius 3 is 2.47 bits per heavy atom. The topological polar surface area (TPSA) is 57.7 Å². The van der Waals surface area contributed by atoms with E-state index in [1.165, 1.54) is 6.20 Å². The minimum atomic E-state index is -0.487. The number of aromatic nitrogens is 1. The van der Waals surface area contributed by atoms with Gasteiger partial charge in [0.25, 0.3) is 0 Å². The standard InChI is InChI=1S/C12H17NO4/c1-4-15-9-7-10(16-5-2)11(13-8-9)12(14)17-6-3/h7-8H,4-6H2,1-3H3. The third kappa shape index (κ3) is 3.62. The quantitative estimate of drug-likeness (QED) is 0.711. The van der Waals surface area contributed by atoms with Crippen molar-refractivity contribution in [2.24, 2.45) is 0 Å². The molecule has 0 aromatic carbocycles.